The van der Waals surface area contributed by atoms with Crippen molar-refractivity contribution in [3.05, 3.63) is 47.0 Å². The number of aromatic hydroxyl groups is 1. The first-order chi connectivity index (χ1) is 10.6. The predicted molar refractivity (Wildman–Crippen MR) is 84.2 cm³/mol. The molecule has 0 fully saturated rings. The average Bonchev–Trinajstić information content (AvgIpc) is 2.85. The SMILES string of the molecule is COc1ccc([C@H]2Oc3c(cc(O)c(C)c3OC)[C@@H]2C)cc1. The fourth-order valence-electron chi connectivity index (χ4n) is 2.99. The molecule has 3 rings (SSSR count). The lowest BCUT2D eigenvalue weighted by molar-refractivity contribution is 0.208. The van der Waals surface area contributed by atoms with Crippen LogP contribution >= 0.6 is 0 Å². The van der Waals surface area contributed by atoms with Gasteiger partial charge in [0.1, 0.15) is 17.6 Å². The van der Waals surface area contributed by atoms with Crippen LogP contribution in [0.5, 0.6) is 23.0 Å². The molecule has 0 bridgehead atoms. The van der Waals surface area contributed by atoms with E-state index < -0.39 is 0 Å². The number of phenols is 1. The van der Waals surface area contributed by atoms with Crippen LogP contribution in [0.15, 0.2) is 30.3 Å². The molecule has 4 heteroatoms. The first-order valence-corrected chi connectivity index (χ1v) is 7.27. The second-order valence-electron chi connectivity index (χ2n) is 5.57. The molecule has 0 spiro atoms. The van der Waals surface area contributed by atoms with E-state index in [1.54, 1.807) is 20.3 Å². The summed E-state index contributed by atoms with van der Waals surface area (Å²) in [5, 5.41) is 10.1. The number of methoxy groups -OCH3 is 2. The standard InChI is InChI=1S/C18H20O4/c1-10-14-9-15(19)11(2)17(21-4)18(14)22-16(10)12-5-7-13(20-3)8-6-12/h5-10,16,19H,1-4H3/t10-,16-/m0/s1. The van der Waals surface area contributed by atoms with Crippen molar-refractivity contribution in [2.75, 3.05) is 14.2 Å². The molecule has 2 aromatic rings. The van der Waals surface area contributed by atoms with Crippen molar-refractivity contribution in [2.24, 2.45) is 0 Å². The number of ether oxygens (including phenoxy) is 3. The molecule has 1 N–H and O–H groups in total. The quantitative estimate of drug-likeness (QED) is 0.932. The summed E-state index contributed by atoms with van der Waals surface area (Å²) in [5.41, 5.74) is 2.74. The molecule has 4 nitrogen and oxygen atoms in total. The van der Waals surface area contributed by atoms with Crippen LogP contribution in [0, 0.1) is 6.92 Å². The van der Waals surface area contributed by atoms with Gasteiger partial charge in [-0.05, 0) is 30.7 Å². The Hall–Kier alpha value is -2.36. The van der Waals surface area contributed by atoms with Gasteiger partial charge in [0.2, 0.25) is 0 Å². The smallest absolute Gasteiger partial charge is 0.167 e. The maximum atomic E-state index is 10.1. The summed E-state index contributed by atoms with van der Waals surface area (Å²) in [7, 11) is 3.24. The zero-order valence-corrected chi connectivity index (χ0v) is 13.2. The highest BCUT2D eigenvalue weighted by Crippen LogP contribution is 2.53. The second-order valence-corrected chi connectivity index (χ2v) is 5.57. The van der Waals surface area contributed by atoms with Gasteiger partial charge in [0.05, 0.1) is 14.2 Å². The summed E-state index contributed by atoms with van der Waals surface area (Å²) < 4.78 is 16.8. The topological polar surface area (TPSA) is 47.9 Å². The van der Waals surface area contributed by atoms with Gasteiger partial charge in [-0.15, -0.1) is 0 Å². The Morgan fingerprint density at radius 2 is 1.77 bits per heavy atom. The van der Waals surface area contributed by atoms with Gasteiger partial charge in [-0.25, -0.2) is 0 Å². The van der Waals surface area contributed by atoms with Crippen molar-refractivity contribution in [1.29, 1.82) is 0 Å². The molecule has 1 heterocycles. The number of hydrogen-bond donors (Lipinski definition) is 1. The molecule has 1 aliphatic rings. The van der Waals surface area contributed by atoms with Crippen LogP contribution in [0.2, 0.25) is 0 Å². The number of benzene rings is 2. The Kier molecular flexibility index (Phi) is 3.61. The van der Waals surface area contributed by atoms with Crippen molar-refractivity contribution in [3.8, 4) is 23.0 Å². The predicted octanol–water partition coefficient (Wildman–Crippen LogP) is 3.96. The van der Waals surface area contributed by atoms with Crippen LogP contribution in [-0.4, -0.2) is 19.3 Å². The first kappa shape index (κ1) is 14.6. The van der Waals surface area contributed by atoms with E-state index >= 15 is 0 Å². The average molecular weight is 300 g/mol. The normalized spacial score (nSPS) is 19.5. The number of hydrogen-bond acceptors (Lipinski definition) is 4. The third-order valence-electron chi connectivity index (χ3n) is 4.32. The summed E-state index contributed by atoms with van der Waals surface area (Å²) in [6.07, 6.45) is -0.101. The molecule has 0 radical (unpaired) electrons. The van der Waals surface area contributed by atoms with Gasteiger partial charge in [0.25, 0.3) is 0 Å². The molecule has 0 saturated carbocycles. The third-order valence-corrected chi connectivity index (χ3v) is 4.32. The summed E-state index contributed by atoms with van der Waals surface area (Å²) in [6.45, 7) is 3.91. The number of rotatable bonds is 3. The first-order valence-electron chi connectivity index (χ1n) is 7.27. The van der Waals surface area contributed by atoms with Crippen molar-refractivity contribution < 1.29 is 19.3 Å². The van der Waals surface area contributed by atoms with Crippen molar-refractivity contribution in [3.63, 3.8) is 0 Å². The second kappa shape index (κ2) is 5.44. The molecular weight excluding hydrogens is 280 g/mol. The molecule has 0 aromatic heterocycles. The lowest BCUT2D eigenvalue weighted by Crippen LogP contribution is -2.07. The Labute approximate surface area is 130 Å². The van der Waals surface area contributed by atoms with Crippen LogP contribution in [0.3, 0.4) is 0 Å². The van der Waals surface area contributed by atoms with Gasteiger partial charge in [0.15, 0.2) is 11.5 Å². The van der Waals surface area contributed by atoms with Gasteiger partial charge < -0.3 is 19.3 Å². The molecule has 2 atom stereocenters. The zero-order chi connectivity index (χ0) is 15.9. The number of fused-ring (bicyclic) bond motifs is 1. The van der Waals surface area contributed by atoms with Crippen molar-refractivity contribution in [1.82, 2.24) is 0 Å². The van der Waals surface area contributed by atoms with Crippen LogP contribution < -0.4 is 14.2 Å². The van der Waals surface area contributed by atoms with Crippen LogP contribution in [0.25, 0.3) is 0 Å². The van der Waals surface area contributed by atoms with Crippen LogP contribution in [0.4, 0.5) is 0 Å². The lowest BCUT2D eigenvalue weighted by atomic mass is 9.92. The molecular formula is C18H20O4. The summed E-state index contributed by atoms with van der Waals surface area (Å²) in [6, 6.07) is 9.64. The minimum absolute atomic E-state index is 0.101. The van der Waals surface area contributed by atoms with E-state index in [9.17, 15) is 5.11 Å². The van der Waals surface area contributed by atoms with Crippen LogP contribution in [-0.2, 0) is 0 Å². The summed E-state index contributed by atoms with van der Waals surface area (Å²) >= 11 is 0. The van der Waals surface area contributed by atoms with Crippen LogP contribution in [0.1, 0.15) is 35.6 Å². The molecule has 0 unspecified atom stereocenters. The van der Waals surface area contributed by atoms with E-state index in [-0.39, 0.29) is 17.8 Å². The van der Waals surface area contributed by atoms with Crippen molar-refractivity contribution >= 4 is 0 Å². The molecule has 0 amide bonds. The minimum Gasteiger partial charge on any atom is -0.508 e. The van der Waals surface area contributed by atoms with Gasteiger partial charge in [0, 0.05) is 17.0 Å². The minimum atomic E-state index is -0.101. The lowest BCUT2D eigenvalue weighted by Gasteiger charge is -2.16. The molecule has 116 valence electrons. The highest BCUT2D eigenvalue weighted by Gasteiger charge is 2.36. The Balaban J connectivity index is 2.01. The fourth-order valence-corrected chi connectivity index (χ4v) is 2.99. The van der Waals surface area contributed by atoms with Crippen molar-refractivity contribution in [2.45, 2.75) is 25.9 Å². The highest BCUT2D eigenvalue weighted by molar-refractivity contribution is 5.60. The van der Waals surface area contributed by atoms with E-state index in [1.165, 1.54) is 0 Å². The van der Waals surface area contributed by atoms with Gasteiger partial charge in [-0.2, -0.15) is 0 Å². The Bertz CT molecular complexity index is 691. The maximum absolute atomic E-state index is 10.1. The Morgan fingerprint density at radius 1 is 1.09 bits per heavy atom. The molecule has 22 heavy (non-hydrogen) atoms. The van der Waals surface area contributed by atoms with Gasteiger partial charge in [-0.3, -0.25) is 0 Å². The van der Waals surface area contributed by atoms with E-state index in [0.29, 0.717) is 11.3 Å². The van der Waals surface area contributed by atoms with E-state index in [0.717, 1.165) is 22.6 Å². The molecule has 2 aromatic carbocycles. The molecule has 1 aliphatic heterocycles. The summed E-state index contributed by atoms with van der Waals surface area (Å²) in [4.78, 5) is 0. The van der Waals surface area contributed by atoms with E-state index in [1.807, 2.05) is 31.2 Å². The maximum Gasteiger partial charge on any atom is 0.167 e. The third kappa shape index (κ3) is 2.15. The van der Waals surface area contributed by atoms with E-state index in [2.05, 4.69) is 6.92 Å². The molecule has 0 aliphatic carbocycles. The highest BCUT2D eigenvalue weighted by atomic mass is 16.5. The van der Waals surface area contributed by atoms with Gasteiger partial charge >= 0.3 is 0 Å². The zero-order valence-electron chi connectivity index (χ0n) is 13.2. The molecule has 0 saturated heterocycles. The Morgan fingerprint density at radius 3 is 2.36 bits per heavy atom. The number of phenolic OH excluding ortho intramolecular Hbond substituents is 1. The van der Waals surface area contributed by atoms with Gasteiger partial charge in [-0.1, -0.05) is 19.1 Å². The largest absolute Gasteiger partial charge is 0.508 e. The summed E-state index contributed by atoms with van der Waals surface area (Å²) in [5.74, 6) is 2.52. The monoisotopic (exact) mass is 300 g/mol. The fraction of sp³-hybridized carbons (Fsp3) is 0.333. The van der Waals surface area contributed by atoms with E-state index in [4.69, 9.17) is 14.2 Å².